The van der Waals surface area contributed by atoms with Gasteiger partial charge in [0.15, 0.2) is 5.92 Å². The van der Waals surface area contributed by atoms with Gasteiger partial charge in [0.05, 0.1) is 13.2 Å². The molecule has 1 aromatic rings. The van der Waals surface area contributed by atoms with Crippen molar-refractivity contribution < 1.29 is 19.1 Å². The van der Waals surface area contributed by atoms with Gasteiger partial charge in [0.1, 0.15) is 0 Å². The lowest BCUT2D eigenvalue weighted by Gasteiger charge is -2.08. The molecule has 0 aromatic heterocycles. The average Bonchev–Trinajstić information content (AvgIpc) is 2.43. The zero-order valence-corrected chi connectivity index (χ0v) is 14.8. The van der Waals surface area contributed by atoms with Crippen LogP contribution in [0.25, 0.3) is 0 Å². The first kappa shape index (κ1) is 19.6. The topological polar surface area (TPSA) is 52.6 Å². The fourth-order valence-electron chi connectivity index (χ4n) is 1.33. The number of carbonyl (C=O) groups excluding carboxylic acids is 2. The number of halogens is 1. The van der Waals surface area contributed by atoms with Crippen LogP contribution < -0.4 is 0 Å². The molecule has 21 heavy (non-hydrogen) atoms. The Morgan fingerprint density at radius 3 is 1.90 bits per heavy atom. The summed E-state index contributed by atoms with van der Waals surface area (Å²) in [6, 6.07) is 6.34. The van der Waals surface area contributed by atoms with Gasteiger partial charge >= 0.3 is 11.9 Å². The lowest BCUT2D eigenvalue weighted by molar-refractivity contribution is -0.160. The van der Waals surface area contributed by atoms with E-state index in [1.54, 1.807) is 13.8 Å². The van der Waals surface area contributed by atoms with Gasteiger partial charge < -0.3 is 9.47 Å². The Hall–Kier alpha value is -1.36. The minimum absolute atomic E-state index is 0.280. The van der Waals surface area contributed by atoms with Crippen LogP contribution in [0.1, 0.15) is 31.9 Å². The molecule has 0 heterocycles. The molecule has 0 aliphatic rings. The molecule has 0 saturated heterocycles. The van der Waals surface area contributed by atoms with Crippen LogP contribution in [-0.2, 0) is 19.1 Å². The molecule has 118 valence electrons. The van der Waals surface area contributed by atoms with E-state index >= 15 is 0 Å². The molecule has 0 aliphatic carbocycles. The van der Waals surface area contributed by atoms with Gasteiger partial charge in [-0.05, 0) is 51.8 Å². The maximum Gasteiger partial charge on any atom is 0.320 e. The Labute approximate surface area is 135 Å². The number of ether oxygens (including phenoxy) is 2. The molecule has 0 bridgehead atoms. The summed E-state index contributed by atoms with van der Waals surface area (Å²) in [6.07, 6.45) is 0. The first-order valence-corrected chi connectivity index (χ1v) is 7.68. The van der Waals surface area contributed by atoms with Gasteiger partial charge in [0, 0.05) is 4.47 Å². The Morgan fingerprint density at radius 1 is 1.10 bits per heavy atom. The molecule has 0 unspecified atom stereocenters. The summed E-state index contributed by atoms with van der Waals surface area (Å²) in [5.41, 5.74) is 2.59. The van der Waals surface area contributed by atoms with E-state index in [9.17, 15) is 9.59 Å². The summed E-state index contributed by atoms with van der Waals surface area (Å²) < 4.78 is 10.5. The number of benzene rings is 1. The minimum atomic E-state index is -0.815. The van der Waals surface area contributed by atoms with E-state index in [-0.39, 0.29) is 13.2 Å². The zero-order chi connectivity index (χ0) is 16.4. The predicted molar refractivity (Wildman–Crippen MR) is 86.0 cm³/mol. The van der Waals surface area contributed by atoms with Crippen LogP contribution in [-0.4, -0.2) is 25.2 Å². The van der Waals surface area contributed by atoms with Crippen LogP contribution in [0.4, 0.5) is 0 Å². The quantitative estimate of drug-likeness (QED) is 0.606. The number of rotatable bonds is 4. The van der Waals surface area contributed by atoms with Gasteiger partial charge in [-0.15, -0.1) is 0 Å². The van der Waals surface area contributed by atoms with Crippen molar-refractivity contribution in [1.29, 1.82) is 0 Å². The third kappa shape index (κ3) is 7.85. The molecule has 0 radical (unpaired) electrons. The van der Waals surface area contributed by atoms with E-state index in [0.717, 1.165) is 0 Å². The maximum absolute atomic E-state index is 10.9. The number of carbonyl (C=O) groups is 2. The van der Waals surface area contributed by atoms with E-state index in [2.05, 4.69) is 57.5 Å². The third-order valence-corrected chi connectivity index (χ3v) is 3.46. The molecule has 1 aromatic carbocycles. The molecule has 0 atom stereocenters. The van der Waals surface area contributed by atoms with Crippen molar-refractivity contribution in [3.05, 3.63) is 33.8 Å². The minimum Gasteiger partial charge on any atom is -0.465 e. The highest BCUT2D eigenvalue weighted by atomic mass is 79.9. The molecule has 0 N–H and O–H groups in total. The summed E-state index contributed by atoms with van der Waals surface area (Å²) >= 11 is 3.45. The van der Waals surface area contributed by atoms with Crippen molar-refractivity contribution in [3.63, 3.8) is 0 Å². The second-order valence-corrected chi connectivity index (χ2v) is 5.33. The monoisotopic (exact) mass is 358 g/mol. The standard InChI is InChI=1S/C8H9Br.C8H14O4/c1-6-3-4-7(2)8(9)5-6;1-4-11-7(9)6(3)8(10)12-5-2/h3-5H,1-2H3;6H,4-5H2,1-3H3. The summed E-state index contributed by atoms with van der Waals surface area (Å²) in [7, 11) is 0. The molecule has 5 heteroatoms. The maximum atomic E-state index is 10.9. The van der Waals surface area contributed by atoms with Crippen molar-refractivity contribution >= 4 is 27.9 Å². The van der Waals surface area contributed by atoms with Crippen molar-refractivity contribution in [2.75, 3.05) is 13.2 Å². The van der Waals surface area contributed by atoms with E-state index in [1.807, 2.05) is 0 Å². The van der Waals surface area contributed by atoms with Gasteiger partial charge in [-0.25, -0.2) is 0 Å². The third-order valence-electron chi connectivity index (χ3n) is 2.61. The normalized spacial score (nSPS) is 9.67. The van der Waals surface area contributed by atoms with Gasteiger partial charge in [-0.2, -0.15) is 0 Å². The van der Waals surface area contributed by atoms with Crippen LogP contribution in [0.2, 0.25) is 0 Å². The van der Waals surface area contributed by atoms with Crippen LogP contribution in [0.15, 0.2) is 22.7 Å². The lowest BCUT2D eigenvalue weighted by atomic mass is 10.2. The second-order valence-electron chi connectivity index (χ2n) is 4.48. The van der Waals surface area contributed by atoms with Crippen LogP contribution in [0, 0.1) is 19.8 Å². The summed E-state index contributed by atoms with van der Waals surface area (Å²) in [6.45, 7) is 9.58. The Bertz CT molecular complexity index is 453. The van der Waals surface area contributed by atoms with Crippen LogP contribution in [0.5, 0.6) is 0 Å². The first-order valence-electron chi connectivity index (χ1n) is 6.89. The fourth-order valence-corrected chi connectivity index (χ4v) is 1.82. The van der Waals surface area contributed by atoms with E-state index in [0.29, 0.717) is 0 Å². The number of esters is 2. The highest BCUT2D eigenvalue weighted by molar-refractivity contribution is 9.10. The fraction of sp³-hybridized carbons (Fsp3) is 0.500. The van der Waals surface area contributed by atoms with E-state index in [1.165, 1.54) is 22.5 Å². The number of hydrogen-bond donors (Lipinski definition) is 0. The van der Waals surface area contributed by atoms with E-state index < -0.39 is 17.9 Å². The van der Waals surface area contributed by atoms with Crippen LogP contribution >= 0.6 is 15.9 Å². The lowest BCUT2D eigenvalue weighted by Crippen LogP contribution is -2.25. The first-order chi connectivity index (χ1) is 9.83. The SMILES string of the molecule is CCOC(=O)C(C)C(=O)OCC.Cc1ccc(C)c(Br)c1. The largest absolute Gasteiger partial charge is 0.465 e. The molecule has 4 nitrogen and oxygen atoms in total. The summed E-state index contributed by atoms with van der Waals surface area (Å²) in [4.78, 5) is 21.9. The molecule has 0 spiro atoms. The van der Waals surface area contributed by atoms with Crippen molar-refractivity contribution in [2.24, 2.45) is 5.92 Å². The molecule has 0 aliphatic heterocycles. The number of hydrogen-bond acceptors (Lipinski definition) is 4. The average molecular weight is 359 g/mol. The summed E-state index contributed by atoms with van der Waals surface area (Å²) in [5.74, 6) is -1.88. The van der Waals surface area contributed by atoms with Crippen molar-refractivity contribution in [2.45, 2.75) is 34.6 Å². The molecular weight excluding hydrogens is 336 g/mol. The Kier molecular flexibility index (Phi) is 9.71. The Morgan fingerprint density at radius 2 is 1.57 bits per heavy atom. The van der Waals surface area contributed by atoms with E-state index in [4.69, 9.17) is 0 Å². The second kappa shape index (κ2) is 10.4. The van der Waals surface area contributed by atoms with Gasteiger partial charge in [0.25, 0.3) is 0 Å². The van der Waals surface area contributed by atoms with Gasteiger partial charge in [-0.3, -0.25) is 9.59 Å². The van der Waals surface area contributed by atoms with Crippen molar-refractivity contribution in [3.8, 4) is 0 Å². The van der Waals surface area contributed by atoms with Gasteiger partial charge in [0.2, 0.25) is 0 Å². The molecule has 0 saturated carbocycles. The zero-order valence-electron chi connectivity index (χ0n) is 13.2. The van der Waals surface area contributed by atoms with Gasteiger partial charge in [-0.1, -0.05) is 28.1 Å². The van der Waals surface area contributed by atoms with Crippen LogP contribution in [0.3, 0.4) is 0 Å². The molecular formula is C16H23BrO4. The molecule has 0 fully saturated rings. The molecule has 1 rings (SSSR count). The predicted octanol–water partition coefficient (Wildman–Crippen LogP) is 3.81. The molecule has 0 amide bonds. The highest BCUT2D eigenvalue weighted by Gasteiger charge is 2.23. The smallest absolute Gasteiger partial charge is 0.320 e. The highest BCUT2D eigenvalue weighted by Crippen LogP contribution is 2.16. The summed E-state index contributed by atoms with van der Waals surface area (Å²) in [5, 5.41) is 0. The number of aryl methyl sites for hydroxylation is 2. The Balaban J connectivity index is 0.000000394. The van der Waals surface area contributed by atoms with Crippen molar-refractivity contribution in [1.82, 2.24) is 0 Å².